The number of piperazine rings is 1. The number of hydrogen-bond donors (Lipinski definition) is 0. The van der Waals surface area contributed by atoms with Gasteiger partial charge >= 0.3 is 5.97 Å². The number of likely N-dealkylation sites (N-methyl/N-ethyl adjacent to an activating group) is 1. The average Bonchev–Trinajstić information content (AvgIpc) is 2.57. The van der Waals surface area contributed by atoms with Gasteiger partial charge in [0.25, 0.3) is 0 Å². The molecule has 0 amide bonds. The molecule has 1 heterocycles. The van der Waals surface area contributed by atoms with E-state index in [-0.39, 0.29) is 5.97 Å². The molecule has 4 unspecified atom stereocenters. The van der Waals surface area contributed by atoms with Crippen LogP contribution in [0.1, 0.15) is 51.4 Å². The fourth-order valence-corrected chi connectivity index (χ4v) is 5.04. The van der Waals surface area contributed by atoms with Crippen LogP contribution in [0.4, 0.5) is 0 Å². The molecule has 2 saturated carbocycles. The molecule has 3 fully saturated rings. The van der Waals surface area contributed by atoms with E-state index < -0.39 is 0 Å². The highest BCUT2D eigenvalue weighted by Gasteiger charge is 2.46. The Morgan fingerprint density at radius 2 is 1.55 bits per heavy atom. The third-order valence-corrected chi connectivity index (χ3v) is 6.05. The lowest BCUT2D eigenvalue weighted by atomic mass is 9.78. The standard InChI is InChI=1S/C18H30N2O2/c1-3-18(21)22-13-12-20-16-10-6-4-8-14(16)19(2)15-9-5-7-11-17(15)20/h3,14-17H,1,4-13H2,2H3. The highest BCUT2D eigenvalue weighted by Crippen LogP contribution is 2.39. The molecule has 0 aromatic rings. The minimum atomic E-state index is -0.297. The van der Waals surface area contributed by atoms with Crippen LogP contribution in [0.25, 0.3) is 0 Å². The second-order valence-electron chi connectivity index (χ2n) is 7.11. The fraction of sp³-hybridized carbons (Fsp3) is 0.833. The summed E-state index contributed by atoms with van der Waals surface area (Å²) in [5.74, 6) is -0.297. The zero-order valence-corrected chi connectivity index (χ0v) is 13.9. The Hall–Kier alpha value is -0.870. The topological polar surface area (TPSA) is 32.8 Å². The average molecular weight is 306 g/mol. The summed E-state index contributed by atoms with van der Waals surface area (Å²) in [6, 6.07) is 2.70. The van der Waals surface area contributed by atoms with E-state index in [1.807, 2.05) is 0 Å². The number of esters is 1. The van der Waals surface area contributed by atoms with E-state index >= 15 is 0 Å². The predicted molar refractivity (Wildman–Crippen MR) is 87.7 cm³/mol. The molecular weight excluding hydrogens is 276 g/mol. The molecule has 22 heavy (non-hydrogen) atoms. The maximum atomic E-state index is 11.3. The molecule has 124 valence electrons. The Morgan fingerprint density at radius 3 is 2.05 bits per heavy atom. The number of fused-ring (bicyclic) bond motifs is 2. The summed E-state index contributed by atoms with van der Waals surface area (Å²) in [5.41, 5.74) is 0. The van der Waals surface area contributed by atoms with Crippen LogP contribution in [0, 0.1) is 0 Å². The molecular formula is C18H30N2O2. The van der Waals surface area contributed by atoms with Crippen LogP contribution in [0.5, 0.6) is 0 Å². The van der Waals surface area contributed by atoms with Crippen molar-refractivity contribution in [1.29, 1.82) is 0 Å². The minimum Gasteiger partial charge on any atom is -0.461 e. The number of rotatable bonds is 4. The van der Waals surface area contributed by atoms with Gasteiger partial charge in [-0.05, 0) is 32.7 Å². The second-order valence-corrected chi connectivity index (χ2v) is 7.11. The third-order valence-electron chi connectivity index (χ3n) is 6.05. The number of ether oxygens (including phenoxy) is 1. The van der Waals surface area contributed by atoms with E-state index in [0.29, 0.717) is 30.8 Å². The highest BCUT2D eigenvalue weighted by molar-refractivity contribution is 5.81. The number of carbonyl (C=O) groups excluding carboxylic acids is 1. The molecule has 4 atom stereocenters. The summed E-state index contributed by atoms with van der Waals surface area (Å²) >= 11 is 0. The fourth-order valence-electron chi connectivity index (χ4n) is 5.04. The van der Waals surface area contributed by atoms with Crippen molar-refractivity contribution in [2.24, 2.45) is 0 Å². The van der Waals surface area contributed by atoms with Gasteiger partial charge in [0, 0.05) is 36.8 Å². The zero-order chi connectivity index (χ0) is 15.5. The lowest BCUT2D eigenvalue weighted by Gasteiger charge is -2.58. The van der Waals surface area contributed by atoms with Gasteiger partial charge in [-0.15, -0.1) is 0 Å². The van der Waals surface area contributed by atoms with E-state index in [1.54, 1.807) is 0 Å². The predicted octanol–water partition coefficient (Wildman–Crippen LogP) is 2.59. The SMILES string of the molecule is C=CC(=O)OCCN1C2CCCCC2N(C)C2CCCCC21. The van der Waals surface area contributed by atoms with Gasteiger partial charge in [-0.25, -0.2) is 4.79 Å². The third kappa shape index (κ3) is 3.09. The molecule has 0 bridgehead atoms. The zero-order valence-electron chi connectivity index (χ0n) is 13.9. The van der Waals surface area contributed by atoms with Gasteiger partial charge < -0.3 is 4.74 Å². The quantitative estimate of drug-likeness (QED) is 0.590. The Kier molecular flexibility index (Phi) is 5.19. The van der Waals surface area contributed by atoms with Crippen LogP contribution in [0.15, 0.2) is 12.7 Å². The molecule has 3 rings (SSSR count). The summed E-state index contributed by atoms with van der Waals surface area (Å²) in [6.45, 7) is 4.86. The molecule has 1 saturated heterocycles. The van der Waals surface area contributed by atoms with E-state index in [2.05, 4.69) is 23.4 Å². The Bertz CT molecular complexity index is 388. The van der Waals surface area contributed by atoms with Gasteiger partial charge in [-0.3, -0.25) is 9.80 Å². The molecule has 0 spiro atoms. The van der Waals surface area contributed by atoms with Gasteiger partial charge in [0.05, 0.1) is 0 Å². The first-order chi connectivity index (χ1) is 10.7. The highest BCUT2D eigenvalue weighted by atomic mass is 16.5. The van der Waals surface area contributed by atoms with Gasteiger partial charge in [-0.2, -0.15) is 0 Å². The molecule has 3 aliphatic rings. The van der Waals surface area contributed by atoms with Gasteiger partial charge in [0.1, 0.15) is 6.61 Å². The first-order valence-electron chi connectivity index (χ1n) is 8.99. The molecule has 4 heteroatoms. The normalized spacial score (nSPS) is 36.2. The Morgan fingerprint density at radius 1 is 1.05 bits per heavy atom. The van der Waals surface area contributed by atoms with E-state index in [4.69, 9.17) is 4.74 Å². The summed E-state index contributed by atoms with van der Waals surface area (Å²) in [5, 5.41) is 0. The summed E-state index contributed by atoms with van der Waals surface area (Å²) in [4.78, 5) is 16.7. The first-order valence-corrected chi connectivity index (χ1v) is 8.99. The number of nitrogens with zero attached hydrogens (tertiary/aromatic N) is 2. The van der Waals surface area contributed by atoms with Crippen molar-refractivity contribution in [3.63, 3.8) is 0 Å². The maximum Gasteiger partial charge on any atom is 0.330 e. The van der Waals surface area contributed by atoms with Crippen LogP contribution in [0.2, 0.25) is 0 Å². The summed E-state index contributed by atoms with van der Waals surface area (Å²) in [6.07, 6.45) is 11.9. The number of carbonyl (C=O) groups is 1. The van der Waals surface area contributed by atoms with Crippen molar-refractivity contribution in [2.45, 2.75) is 75.5 Å². The molecule has 2 aliphatic carbocycles. The van der Waals surface area contributed by atoms with Gasteiger partial charge in [0.15, 0.2) is 0 Å². The van der Waals surface area contributed by atoms with Crippen LogP contribution in [0.3, 0.4) is 0 Å². The van der Waals surface area contributed by atoms with Crippen molar-refractivity contribution in [2.75, 3.05) is 20.2 Å². The monoisotopic (exact) mass is 306 g/mol. The van der Waals surface area contributed by atoms with Crippen LogP contribution < -0.4 is 0 Å². The summed E-state index contributed by atoms with van der Waals surface area (Å²) in [7, 11) is 2.35. The van der Waals surface area contributed by atoms with Gasteiger partial charge in [0.2, 0.25) is 0 Å². The Labute approximate surface area is 134 Å². The maximum absolute atomic E-state index is 11.3. The minimum absolute atomic E-state index is 0.297. The van der Waals surface area contributed by atoms with Crippen molar-refractivity contribution in [3.05, 3.63) is 12.7 Å². The molecule has 0 aromatic heterocycles. The van der Waals surface area contributed by atoms with Crippen molar-refractivity contribution in [1.82, 2.24) is 9.80 Å². The van der Waals surface area contributed by atoms with Crippen molar-refractivity contribution in [3.8, 4) is 0 Å². The van der Waals surface area contributed by atoms with Crippen LogP contribution in [-0.2, 0) is 9.53 Å². The molecule has 1 aliphatic heterocycles. The summed E-state index contributed by atoms with van der Waals surface area (Å²) < 4.78 is 5.27. The first kappa shape index (κ1) is 16.0. The van der Waals surface area contributed by atoms with Crippen LogP contribution in [-0.4, -0.2) is 60.1 Å². The Balaban J connectivity index is 1.71. The largest absolute Gasteiger partial charge is 0.461 e. The van der Waals surface area contributed by atoms with E-state index in [0.717, 1.165) is 6.54 Å². The lowest BCUT2D eigenvalue weighted by Crippen LogP contribution is -2.69. The van der Waals surface area contributed by atoms with E-state index in [1.165, 1.54) is 57.4 Å². The number of hydrogen-bond acceptors (Lipinski definition) is 4. The lowest BCUT2D eigenvalue weighted by molar-refractivity contribution is -0.140. The molecule has 4 nitrogen and oxygen atoms in total. The smallest absolute Gasteiger partial charge is 0.330 e. The van der Waals surface area contributed by atoms with Crippen molar-refractivity contribution >= 4 is 5.97 Å². The van der Waals surface area contributed by atoms with Crippen LogP contribution >= 0.6 is 0 Å². The van der Waals surface area contributed by atoms with Gasteiger partial charge in [-0.1, -0.05) is 32.3 Å². The molecule has 0 radical (unpaired) electrons. The molecule has 0 N–H and O–H groups in total. The van der Waals surface area contributed by atoms with E-state index in [9.17, 15) is 4.79 Å². The van der Waals surface area contributed by atoms with Crippen molar-refractivity contribution < 1.29 is 9.53 Å². The second kappa shape index (κ2) is 7.14. The molecule has 0 aromatic carbocycles.